The van der Waals surface area contributed by atoms with Gasteiger partial charge in [0.1, 0.15) is 65.5 Å². The molecule has 115 heavy (non-hydrogen) atoms. The van der Waals surface area contributed by atoms with Crippen LogP contribution in [-0.4, -0.2) is 299 Å². The lowest BCUT2D eigenvalue weighted by Crippen LogP contribution is -2.55. The number of rotatable bonds is 68. The van der Waals surface area contributed by atoms with E-state index < -0.39 is 143 Å². The highest BCUT2D eigenvalue weighted by atomic mass is 31.2. The molecule has 4 rings (SSSR count). The van der Waals surface area contributed by atoms with Gasteiger partial charge in [-0.1, -0.05) is 72.1 Å². The van der Waals surface area contributed by atoms with Gasteiger partial charge in [0.15, 0.2) is 18.9 Å². The first-order chi connectivity index (χ1) is 55.0. The average Bonchev–Trinajstić information content (AvgIpc) is 1.85. The van der Waals surface area contributed by atoms with Crippen molar-refractivity contribution in [3.05, 3.63) is 0 Å². The van der Waals surface area contributed by atoms with Crippen LogP contribution in [0, 0.1) is 23.2 Å². The lowest BCUT2D eigenvalue weighted by atomic mass is 9.83. The van der Waals surface area contributed by atoms with Gasteiger partial charge in [-0.25, -0.2) is 0 Å². The van der Waals surface area contributed by atoms with Crippen LogP contribution in [0.25, 0.3) is 0 Å². The number of carbonyl (C=O) groups excluding carboxylic acids is 8. The van der Waals surface area contributed by atoms with Gasteiger partial charge in [-0.15, -0.1) is 0 Å². The molecule has 13 N–H and O–H groups in total. The van der Waals surface area contributed by atoms with Gasteiger partial charge in [0.2, 0.25) is 17.7 Å². The zero-order valence-electron chi connectivity index (χ0n) is 68.4. The maximum Gasteiger partial charge on any atom is 0.265 e. The van der Waals surface area contributed by atoms with E-state index in [1.807, 2.05) is 0 Å². The fourth-order valence-corrected chi connectivity index (χ4v) is 14.8. The Balaban J connectivity index is 1.28. The Labute approximate surface area is 678 Å². The number of hydrogen-bond donors (Lipinski definition) is 13. The van der Waals surface area contributed by atoms with Crippen molar-refractivity contribution in [2.75, 3.05) is 106 Å². The van der Waals surface area contributed by atoms with Gasteiger partial charge in [0.25, 0.3) is 7.82 Å². The molecule has 0 radical (unpaired) electrons. The molecule has 0 saturated carbocycles. The molecule has 4 saturated heterocycles. The van der Waals surface area contributed by atoms with Crippen molar-refractivity contribution in [1.29, 1.82) is 0 Å². The quantitative estimate of drug-likeness (QED) is 0.0307. The Morgan fingerprint density at radius 2 is 0.739 bits per heavy atom. The zero-order chi connectivity index (χ0) is 84.6. The van der Waals surface area contributed by atoms with E-state index >= 15 is 0 Å². The number of phosphoric ester groups is 1. The minimum absolute atomic E-state index is 0.0170. The number of ketones is 5. The van der Waals surface area contributed by atoms with Crippen molar-refractivity contribution in [2.24, 2.45) is 23.2 Å². The average molecular weight is 1670 g/mol. The molecule has 4 heterocycles. The smallest absolute Gasteiger partial charge is 0.265 e. The number of hydrogen-bond acceptors (Lipinski definition) is 30. The number of likely N-dealkylation sites (tertiary alicyclic amines) is 1. The van der Waals surface area contributed by atoms with Crippen molar-refractivity contribution in [2.45, 2.75) is 331 Å². The second-order valence-corrected chi connectivity index (χ2v) is 33.0. The summed E-state index contributed by atoms with van der Waals surface area (Å²) in [5.41, 5.74) is -1.11. The number of nitrogens with zero attached hydrogens (tertiary/aromatic N) is 1. The van der Waals surface area contributed by atoms with Gasteiger partial charge >= 0.3 is 0 Å². The third-order valence-electron chi connectivity index (χ3n) is 21.8. The summed E-state index contributed by atoms with van der Waals surface area (Å²) in [7, 11) is -4.99. The van der Waals surface area contributed by atoms with E-state index in [-0.39, 0.29) is 183 Å². The monoisotopic (exact) mass is 1670 g/mol. The molecular weight excluding hydrogens is 1530 g/mol. The molecule has 0 aromatic heterocycles. The molecule has 0 aliphatic carbocycles. The van der Waals surface area contributed by atoms with Crippen molar-refractivity contribution >= 4 is 54.5 Å². The van der Waals surface area contributed by atoms with E-state index in [2.05, 4.69) is 15.2 Å². The van der Waals surface area contributed by atoms with Gasteiger partial charge in [-0.05, 0) is 89.9 Å². The fourth-order valence-electron chi connectivity index (χ4n) is 14.5. The summed E-state index contributed by atoms with van der Waals surface area (Å²) in [5, 5.41) is 106. The molecule has 4 aliphatic rings. The summed E-state index contributed by atoms with van der Waals surface area (Å²) in [6.07, 6.45) is 3.12. The third kappa shape index (κ3) is 42.5. The summed E-state index contributed by atoms with van der Waals surface area (Å²) >= 11 is 0. The predicted octanol–water partition coefficient (Wildman–Crippen LogP) is 3.08. The first-order valence-corrected chi connectivity index (χ1v) is 43.7. The number of aliphatic hydroxyl groups is 10. The van der Waals surface area contributed by atoms with Crippen molar-refractivity contribution < 1.29 is 151 Å². The standard InChI is InChI=1S/C80H142N3O31P/c1-55-71(96)74(99)65(48-84)112-77(55)108-39-21-18-29-59(87)25-13-10-15-27-61(89)34-42-105-52-80(46-63(91)31-12-8-6-4-5-7-9-17-33-70(95)83-47-64(92)45-58(83)51-111-115(102,103)104,53-106-43-35-62(90)28-16-11-14-26-60(88)30-19-22-40-109-78-56(2)72(97)75(100)66(49-85)113-78)54-107-44-36-69(94)82-38-24-37-81-68(93)32-20-23-41-110-79-57(3)73(98)76(101)67(50-86)114-79/h55-58,64-67,71-79,84-86,92,96-101H,4-54H2,1-3H3,(H,81,93)(H,82,94)(H2,102,103,104)/p-1/t55?,56?,57?,58-,64+,65?,66?,67?,71?,72?,73?,74?,75?,76?,77?,78?,79?,80?/m0/s1. The number of Topliss-reactive ketones (excluding diaryl/α,β-unsaturated/α-hetero) is 5. The highest BCUT2D eigenvalue weighted by molar-refractivity contribution is 7.44. The SMILES string of the molecule is CC1C(OCCCCC(=O)CCCCCC(=O)CCOCC(COCCC(=O)CCCCCC(=O)CCCCOC2OC(CO)C(O)C(O)C2C)(COCCC(=O)NCCCNC(=O)CCCCOC2OC(CO)C(O)C(O)C2C)CC(=O)CCCCCCCCCCC(=O)N2C[C@H](O)C[C@H]2COP(=O)([O-])O)OC(CO)C(O)C1O. The van der Waals surface area contributed by atoms with Crippen LogP contribution in [-0.2, 0) is 90.1 Å². The normalized spacial score (nSPS) is 26.8. The summed E-state index contributed by atoms with van der Waals surface area (Å²) < 4.78 is 68.4. The lowest BCUT2D eigenvalue weighted by molar-refractivity contribution is -0.282. The van der Waals surface area contributed by atoms with Crippen LogP contribution in [0.5, 0.6) is 0 Å². The van der Waals surface area contributed by atoms with E-state index in [4.69, 9.17) is 47.5 Å². The van der Waals surface area contributed by atoms with Crippen molar-refractivity contribution in [3.8, 4) is 0 Å². The van der Waals surface area contributed by atoms with Gasteiger partial charge in [-0.2, -0.15) is 0 Å². The van der Waals surface area contributed by atoms with Crippen LogP contribution in [0.4, 0.5) is 0 Å². The fraction of sp³-hybridized carbons (Fsp3) is 0.900. The van der Waals surface area contributed by atoms with Gasteiger partial charge in [-0.3, -0.25) is 42.9 Å². The number of nitrogens with one attached hydrogen (secondary N) is 2. The van der Waals surface area contributed by atoms with Crippen LogP contribution in [0.3, 0.4) is 0 Å². The van der Waals surface area contributed by atoms with Gasteiger partial charge in [0, 0.05) is 146 Å². The number of aliphatic hydroxyl groups excluding tert-OH is 10. The zero-order valence-corrected chi connectivity index (χ0v) is 69.3. The van der Waals surface area contributed by atoms with E-state index in [1.54, 1.807) is 20.8 Å². The van der Waals surface area contributed by atoms with Crippen LogP contribution in [0.2, 0.25) is 0 Å². The van der Waals surface area contributed by atoms with Crippen molar-refractivity contribution in [3.63, 3.8) is 0 Å². The lowest BCUT2D eigenvalue weighted by Gasteiger charge is -2.40. The number of carbonyl (C=O) groups is 8. The van der Waals surface area contributed by atoms with E-state index in [0.29, 0.717) is 129 Å². The molecule has 0 aromatic rings. The summed E-state index contributed by atoms with van der Waals surface area (Å²) in [6, 6.07) is -0.668. The molecule has 16 unspecified atom stereocenters. The molecule has 0 aromatic carbocycles. The van der Waals surface area contributed by atoms with Crippen LogP contribution in [0.1, 0.15) is 245 Å². The van der Waals surface area contributed by atoms with Crippen LogP contribution in [0.15, 0.2) is 0 Å². The Bertz CT molecular complexity index is 2570. The van der Waals surface area contributed by atoms with Crippen molar-refractivity contribution in [1.82, 2.24) is 15.5 Å². The van der Waals surface area contributed by atoms with Gasteiger partial charge in [0.05, 0.1) is 96.5 Å². The topological polar surface area (TPSA) is 519 Å². The second kappa shape index (κ2) is 59.0. The number of β-amino-alcohol motifs (C(OH)–C–C–N with tert-alkyl or cyclic N) is 1. The molecule has 4 aliphatic heterocycles. The van der Waals surface area contributed by atoms with E-state index in [1.165, 1.54) is 4.90 Å². The number of amides is 3. The third-order valence-corrected chi connectivity index (χ3v) is 22.3. The Hall–Kier alpha value is -3.89. The summed E-state index contributed by atoms with van der Waals surface area (Å²) in [4.78, 5) is 126. The minimum Gasteiger partial charge on any atom is -0.756 e. The van der Waals surface area contributed by atoms with E-state index in [9.17, 15) is 98.9 Å². The second-order valence-electron chi connectivity index (χ2n) is 31.8. The molecule has 4 fully saturated rings. The number of ether oxygens (including phenoxy) is 9. The Kier molecular flexibility index (Phi) is 53.0. The highest BCUT2D eigenvalue weighted by Crippen LogP contribution is 2.34. The summed E-state index contributed by atoms with van der Waals surface area (Å²) in [5.74, 6) is -2.33. The Morgan fingerprint density at radius 1 is 0.417 bits per heavy atom. The number of phosphoric acid groups is 1. The molecule has 3 amide bonds. The number of unbranched alkanes of at least 4 members (excludes halogenated alkanes) is 14. The maximum atomic E-state index is 14.1. The first-order valence-electron chi connectivity index (χ1n) is 42.3. The van der Waals surface area contributed by atoms with Crippen LogP contribution < -0.4 is 15.5 Å². The Morgan fingerprint density at radius 3 is 1.12 bits per heavy atom. The molecule has 18 atom stereocenters. The maximum absolute atomic E-state index is 14.1. The molecule has 668 valence electrons. The van der Waals surface area contributed by atoms with Crippen LogP contribution >= 0.6 is 7.82 Å². The molecule has 35 heteroatoms. The molecule has 0 spiro atoms. The minimum atomic E-state index is -4.99. The van der Waals surface area contributed by atoms with E-state index in [0.717, 1.165) is 38.5 Å². The highest BCUT2D eigenvalue weighted by Gasteiger charge is 2.45. The molecule has 0 bridgehead atoms. The molecule has 34 nitrogen and oxygen atoms in total. The largest absolute Gasteiger partial charge is 0.756 e. The predicted molar refractivity (Wildman–Crippen MR) is 413 cm³/mol. The van der Waals surface area contributed by atoms with Gasteiger partial charge < -0.3 is 124 Å². The molecular formula is C80H141N3O31P-. The summed E-state index contributed by atoms with van der Waals surface area (Å²) in [6.45, 7) is 4.31. The first kappa shape index (κ1) is 103.